The van der Waals surface area contributed by atoms with Crippen LogP contribution in [0.4, 0.5) is 17.1 Å². The molecule has 0 spiro atoms. The maximum atomic E-state index is 6.00. The highest BCUT2D eigenvalue weighted by atomic mass is 32.2. The van der Waals surface area contributed by atoms with Gasteiger partial charge in [-0.05, 0) is 36.4 Å². The Labute approximate surface area is 168 Å². The summed E-state index contributed by atoms with van der Waals surface area (Å²) in [6.07, 6.45) is 0. The van der Waals surface area contributed by atoms with Crippen molar-refractivity contribution in [3.05, 3.63) is 72.8 Å². The summed E-state index contributed by atoms with van der Waals surface area (Å²) in [6.45, 7) is 0. The van der Waals surface area contributed by atoms with Crippen molar-refractivity contribution < 1.29 is 0 Å². The quantitative estimate of drug-likeness (QED) is 0.165. The molecule has 6 heteroatoms. The molecular formula is C20H21N3S3. The molecule has 3 aromatic carbocycles. The van der Waals surface area contributed by atoms with Crippen LogP contribution in [-0.4, -0.2) is 11.8 Å². The zero-order chi connectivity index (χ0) is 18.2. The number of rotatable bonds is 8. The number of benzene rings is 3. The van der Waals surface area contributed by atoms with Crippen molar-refractivity contribution in [2.45, 2.75) is 14.7 Å². The molecule has 0 aromatic heterocycles. The van der Waals surface area contributed by atoms with E-state index in [1.807, 2.05) is 54.6 Å². The van der Waals surface area contributed by atoms with Crippen molar-refractivity contribution in [3.8, 4) is 0 Å². The second kappa shape index (κ2) is 9.71. The molecule has 0 bridgehead atoms. The average molecular weight is 400 g/mol. The molecule has 0 amide bonds. The lowest BCUT2D eigenvalue weighted by atomic mass is 10.3. The molecular weight excluding hydrogens is 378 g/mol. The largest absolute Gasteiger partial charge is 0.398 e. The summed E-state index contributed by atoms with van der Waals surface area (Å²) in [7, 11) is 0. The molecule has 0 radical (unpaired) electrons. The molecule has 0 aliphatic carbocycles. The molecule has 26 heavy (non-hydrogen) atoms. The number of para-hydroxylation sites is 3. The number of hydrogen-bond donors (Lipinski definition) is 4. The van der Waals surface area contributed by atoms with Gasteiger partial charge in [0.2, 0.25) is 0 Å². The molecule has 0 saturated heterocycles. The Hall–Kier alpha value is -1.89. The standard InChI is InChI=1S/C20H21N3S3/c21-15-7-1-5-11-19(15)25-14-23-17-9-3-6-12-20(17)26-13-22-16-8-2-4-10-18(16)24/h1-12,22-24H,13-14,21H2. The van der Waals surface area contributed by atoms with E-state index in [1.54, 1.807) is 23.5 Å². The zero-order valence-corrected chi connectivity index (χ0v) is 16.7. The van der Waals surface area contributed by atoms with Crippen LogP contribution in [0.3, 0.4) is 0 Å². The topological polar surface area (TPSA) is 50.1 Å². The minimum atomic E-state index is 0.763. The predicted octanol–water partition coefficient (Wildman–Crippen LogP) is 5.88. The Morgan fingerprint density at radius 2 is 1.23 bits per heavy atom. The summed E-state index contributed by atoms with van der Waals surface area (Å²) in [6, 6.07) is 24.3. The van der Waals surface area contributed by atoms with E-state index < -0.39 is 0 Å². The van der Waals surface area contributed by atoms with E-state index in [0.717, 1.165) is 38.6 Å². The summed E-state index contributed by atoms with van der Waals surface area (Å²) in [5, 5.41) is 6.91. The molecule has 0 saturated carbocycles. The van der Waals surface area contributed by atoms with Crippen LogP contribution in [0, 0.1) is 0 Å². The first kappa shape index (κ1) is 18.9. The van der Waals surface area contributed by atoms with Crippen molar-refractivity contribution in [1.29, 1.82) is 0 Å². The van der Waals surface area contributed by atoms with Gasteiger partial charge in [-0.1, -0.05) is 36.4 Å². The minimum absolute atomic E-state index is 0.763. The van der Waals surface area contributed by atoms with E-state index in [4.69, 9.17) is 5.73 Å². The number of hydrogen-bond acceptors (Lipinski definition) is 6. The van der Waals surface area contributed by atoms with Crippen molar-refractivity contribution in [2.75, 3.05) is 28.1 Å². The summed E-state index contributed by atoms with van der Waals surface area (Å²) in [4.78, 5) is 3.26. The van der Waals surface area contributed by atoms with Crippen molar-refractivity contribution in [3.63, 3.8) is 0 Å². The van der Waals surface area contributed by atoms with Gasteiger partial charge in [0, 0.05) is 31.7 Å². The lowest BCUT2D eigenvalue weighted by molar-refractivity contribution is 1.33. The number of thiol groups is 1. The SMILES string of the molecule is Nc1ccccc1SCNc1ccccc1SCNc1ccccc1S. The van der Waals surface area contributed by atoms with Gasteiger partial charge in [-0.3, -0.25) is 0 Å². The summed E-state index contributed by atoms with van der Waals surface area (Å²) < 4.78 is 0. The van der Waals surface area contributed by atoms with Crippen LogP contribution in [0.2, 0.25) is 0 Å². The maximum Gasteiger partial charge on any atom is 0.0658 e. The number of thioether (sulfide) groups is 2. The lowest BCUT2D eigenvalue weighted by Crippen LogP contribution is -2.02. The number of anilines is 3. The summed E-state index contributed by atoms with van der Waals surface area (Å²) in [5.74, 6) is 1.54. The highest BCUT2D eigenvalue weighted by Gasteiger charge is 2.04. The molecule has 0 unspecified atom stereocenters. The molecule has 4 N–H and O–H groups in total. The third-order valence-electron chi connectivity index (χ3n) is 3.69. The summed E-state index contributed by atoms with van der Waals surface area (Å²) in [5.41, 5.74) is 8.98. The van der Waals surface area contributed by atoms with Crippen molar-refractivity contribution in [2.24, 2.45) is 0 Å². The molecule has 3 aromatic rings. The fourth-order valence-electron chi connectivity index (χ4n) is 2.36. The first-order valence-corrected chi connectivity index (χ1v) is 10.6. The molecule has 0 atom stereocenters. The highest BCUT2D eigenvalue weighted by Crippen LogP contribution is 2.30. The van der Waals surface area contributed by atoms with Crippen LogP contribution in [-0.2, 0) is 0 Å². The van der Waals surface area contributed by atoms with Gasteiger partial charge in [-0.25, -0.2) is 0 Å². The fourth-order valence-corrected chi connectivity index (χ4v) is 4.24. The van der Waals surface area contributed by atoms with E-state index >= 15 is 0 Å². The monoisotopic (exact) mass is 399 g/mol. The van der Waals surface area contributed by atoms with Gasteiger partial charge in [-0.2, -0.15) is 0 Å². The minimum Gasteiger partial charge on any atom is -0.398 e. The first-order chi connectivity index (χ1) is 12.7. The van der Waals surface area contributed by atoms with E-state index in [-0.39, 0.29) is 0 Å². The molecule has 3 nitrogen and oxygen atoms in total. The van der Waals surface area contributed by atoms with E-state index in [9.17, 15) is 0 Å². The number of nitrogen functional groups attached to an aromatic ring is 1. The zero-order valence-electron chi connectivity index (χ0n) is 14.2. The normalized spacial score (nSPS) is 10.5. The Morgan fingerprint density at radius 3 is 1.96 bits per heavy atom. The van der Waals surface area contributed by atoms with Gasteiger partial charge in [0.25, 0.3) is 0 Å². The second-order valence-corrected chi connectivity index (χ2v) is 8.00. The van der Waals surface area contributed by atoms with Crippen molar-refractivity contribution >= 4 is 53.2 Å². The van der Waals surface area contributed by atoms with Gasteiger partial charge < -0.3 is 16.4 Å². The van der Waals surface area contributed by atoms with Gasteiger partial charge in [0.05, 0.1) is 11.8 Å². The van der Waals surface area contributed by atoms with Crippen LogP contribution in [0.15, 0.2) is 87.5 Å². The Morgan fingerprint density at radius 1 is 0.692 bits per heavy atom. The Balaban J connectivity index is 1.54. The third kappa shape index (κ3) is 5.30. The van der Waals surface area contributed by atoms with Crippen LogP contribution < -0.4 is 16.4 Å². The molecule has 134 valence electrons. The lowest BCUT2D eigenvalue weighted by Gasteiger charge is -2.13. The maximum absolute atomic E-state index is 6.00. The van der Waals surface area contributed by atoms with E-state index in [0.29, 0.717) is 0 Å². The summed E-state index contributed by atoms with van der Waals surface area (Å²) >= 11 is 7.93. The van der Waals surface area contributed by atoms with E-state index in [2.05, 4.69) is 41.5 Å². The van der Waals surface area contributed by atoms with Crippen LogP contribution in [0.5, 0.6) is 0 Å². The number of nitrogens with one attached hydrogen (secondary N) is 2. The van der Waals surface area contributed by atoms with Gasteiger partial charge in [0.1, 0.15) is 0 Å². The average Bonchev–Trinajstić information content (AvgIpc) is 2.66. The van der Waals surface area contributed by atoms with Gasteiger partial charge in [0.15, 0.2) is 0 Å². The van der Waals surface area contributed by atoms with Crippen LogP contribution in [0.25, 0.3) is 0 Å². The third-order valence-corrected chi connectivity index (χ3v) is 6.01. The van der Waals surface area contributed by atoms with Gasteiger partial charge >= 0.3 is 0 Å². The molecule has 0 aliphatic rings. The van der Waals surface area contributed by atoms with Crippen LogP contribution in [0.1, 0.15) is 0 Å². The number of nitrogens with two attached hydrogens (primary N) is 1. The molecule has 0 aliphatic heterocycles. The van der Waals surface area contributed by atoms with Gasteiger partial charge in [-0.15, -0.1) is 36.2 Å². The highest BCUT2D eigenvalue weighted by molar-refractivity contribution is 8.00. The Kier molecular flexibility index (Phi) is 7.05. The fraction of sp³-hybridized carbons (Fsp3) is 0.100. The van der Waals surface area contributed by atoms with Crippen molar-refractivity contribution in [1.82, 2.24) is 0 Å². The first-order valence-electron chi connectivity index (χ1n) is 8.19. The van der Waals surface area contributed by atoms with Crippen LogP contribution >= 0.6 is 36.2 Å². The molecule has 0 fully saturated rings. The molecule has 0 heterocycles. The Bertz CT molecular complexity index is 784. The molecule has 3 rings (SSSR count). The van der Waals surface area contributed by atoms with E-state index in [1.165, 1.54) is 4.90 Å². The second-order valence-electron chi connectivity index (χ2n) is 5.48. The predicted molar refractivity (Wildman–Crippen MR) is 120 cm³/mol. The smallest absolute Gasteiger partial charge is 0.0658 e.